The molecule has 1 spiro atoms. The third kappa shape index (κ3) is 4.93. The summed E-state index contributed by atoms with van der Waals surface area (Å²) in [6.45, 7) is 3.55. The zero-order chi connectivity index (χ0) is 21.9. The van der Waals surface area contributed by atoms with Crippen molar-refractivity contribution in [2.24, 2.45) is 12.5 Å². The van der Waals surface area contributed by atoms with Gasteiger partial charge in [-0.2, -0.15) is 13.2 Å². The van der Waals surface area contributed by atoms with Gasteiger partial charge in [0.05, 0.1) is 24.6 Å². The molecule has 1 N–H and O–H groups in total. The number of halogens is 3. The van der Waals surface area contributed by atoms with Crippen LogP contribution >= 0.6 is 0 Å². The highest BCUT2D eigenvalue weighted by molar-refractivity contribution is 5.96. The largest absolute Gasteiger partial charge is 0.490 e. The lowest BCUT2D eigenvalue weighted by atomic mass is 9.86. The number of anilines is 1. The topological polar surface area (TPSA) is 104 Å². The SMILES string of the molecule is Cn1ccnc1CN1CCC2(CC(=O)N(c3cncnc3)C2)C1.O=C(O)C(F)(F)F. The van der Waals surface area contributed by atoms with Gasteiger partial charge in [0.1, 0.15) is 12.2 Å². The highest BCUT2D eigenvalue weighted by Gasteiger charge is 2.48. The number of carbonyl (C=O) groups is 2. The summed E-state index contributed by atoms with van der Waals surface area (Å²) in [6, 6.07) is 0. The predicted octanol–water partition coefficient (Wildman–Crippen LogP) is 1.47. The Balaban J connectivity index is 0.000000318. The van der Waals surface area contributed by atoms with Gasteiger partial charge in [0.25, 0.3) is 0 Å². The van der Waals surface area contributed by atoms with Crippen molar-refractivity contribution < 1.29 is 27.9 Å². The van der Waals surface area contributed by atoms with Gasteiger partial charge < -0.3 is 14.6 Å². The van der Waals surface area contributed by atoms with E-state index >= 15 is 0 Å². The second kappa shape index (κ2) is 8.38. The van der Waals surface area contributed by atoms with E-state index in [9.17, 15) is 18.0 Å². The summed E-state index contributed by atoms with van der Waals surface area (Å²) in [6.07, 6.45) is 5.29. The van der Waals surface area contributed by atoms with Crippen molar-refractivity contribution in [2.45, 2.75) is 25.6 Å². The monoisotopic (exact) mass is 426 g/mol. The van der Waals surface area contributed by atoms with Crippen molar-refractivity contribution in [1.29, 1.82) is 0 Å². The van der Waals surface area contributed by atoms with Crippen LogP contribution in [-0.4, -0.2) is 67.2 Å². The minimum absolute atomic E-state index is 0.0537. The molecule has 0 aliphatic carbocycles. The Morgan fingerprint density at radius 1 is 1.27 bits per heavy atom. The van der Waals surface area contributed by atoms with Crippen LogP contribution in [-0.2, 0) is 23.2 Å². The quantitative estimate of drug-likeness (QED) is 0.793. The normalized spacial score (nSPS) is 21.7. The van der Waals surface area contributed by atoms with E-state index in [1.165, 1.54) is 6.33 Å². The first-order valence-electron chi connectivity index (χ1n) is 9.14. The van der Waals surface area contributed by atoms with E-state index in [4.69, 9.17) is 9.90 Å². The fourth-order valence-electron chi connectivity index (χ4n) is 3.75. The molecule has 0 bridgehead atoms. The lowest BCUT2D eigenvalue weighted by Crippen LogP contribution is -2.31. The van der Waals surface area contributed by atoms with Crippen molar-refractivity contribution in [1.82, 2.24) is 24.4 Å². The van der Waals surface area contributed by atoms with Crippen molar-refractivity contribution >= 4 is 17.6 Å². The van der Waals surface area contributed by atoms with Crippen LogP contribution in [0.25, 0.3) is 0 Å². The van der Waals surface area contributed by atoms with E-state index in [0.29, 0.717) is 6.42 Å². The van der Waals surface area contributed by atoms with E-state index in [2.05, 4.69) is 24.4 Å². The number of aliphatic carboxylic acids is 1. The maximum atomic E-state index is 12.4. The van der Waals surface area contributed by atoms with Crippen LogP contribution < -0.4 is 4.90 Å². The summed E-state index contributed by atoms with van der Waals surface area (Å²) >= 11 is 0. The Labute approximate surface area is 170 Å². The first kappa shape index (κ1) is 21.7. The van der Waals surface area contributed by atoms with Gasteiger partial charge in [-0.1, -0.05) is 0 Å². The van der Waals surface area contributed by atoms with Crippen LogP contribution in [0.4, 0.5) is 18.9 Å². The maximum absolute atomic E-state index is 12.4. The van der Waals surface area contributed by atoms with Gasteiger partial charge in [-0.15, -0.1) is 0 Å². The number of nitrogens with zero attached hydrogens (tertiary/aromatic N) is 6. The molecular weight excluding hydrogens is 405 g/mol. The fraction of sp³-hybridized carbons (Fsp3) is 0.500. The van der Waals surface area contributed by atoms with Crippen molar-refractivity contribution in [3.63, 3.8) is 0 Å². The molecule has 2 aliphatic heterocycles. The Morgan fingerprint density at radius 2 is 1.93 bits per heavy atom. The molecule has 4 rings (SSSR count). The third-order valence-corrected chi connectivity index (χ3v) is 5.23. The number of alkyl halides is 3. The van der Waals surface area contributed by atoms with Gasteiger partial charge in [-0.25, -0.2) is 19.7 Å². The van der Waals surface area contributed by atoms with Crippen molar-refractivity contribution in [3.05, 3.63) is 36.9 Å². The number of carboxylic acids is 1. The zero-order valence-corrected chi connectivity index (χ0v) is 16.2. The van der Waals surface area contributed by atoms with E-state index in [0.717, 1.165) is 44.1 Å². The molecule has 0 aromatic carbocycles. The number of rotatable bonds is 3. The minimum Gasteiger partial charge on any atom is -0.475 e. The molecule has 30 heavy (non-hydrogen) atoms. The fourth-order valence-corrected chi connectivity index (χ4v) is 3.75. The first-order chi connectivity index (χ1) is 14.1. The lowest BCUT2D eigenvalue weighted by molar-refractivity contribution is -0.192. The second-order valence-corrected chi connectivity index (χ2v) is 7.47. The highest BCUT2D eigenvalue weighted by Crippen LogP contribution is 2.41. The van der Waals surface area contributed by atoms with Crippen LogP contribution in [0.5, 0.6) is 0 Å². The smallest absolute Gasteiger partial charge is 0.475 e. The van der Waals surface area contributed by atoms with Gasteiger partial charge in [-0.3, -0.25) is 9.69 Å². The van der Waals surface area contributed by atoms with Crippen molar-refractivity contribution in [3.8, 4) is 0 Å². The number of carboxylic acid groups (broad SMARTS) is 1. The van der Waals surface area contributed by atoms with Crippen LogP contribution in [0.1, 0.15) is 18.7 Å². The summed E-state index contributed by atoms with van der Waals surface area (Å²) in [5.41, 5.74) is 0.856. The molecular formula is C18H21F3N6O3. The molecule has 2 aromatic heterocycles. The van der Waals surface area contributed by atoms with Crippen LogP contribution in [0.15, 0.2) is 31.1 Å². The first-order valence-corrected chi connectivity index (χ1v) is 9.14. The molecule has 1 amide bonds. The van der Waals surface area contributed by atoms with E-state index in [1.807, 2.05) is 24.3 Å². The number of amides is 1. The number of likely N-dealkylation sites (tertiary alicyclic amines) is 1. The van der Waals surface area contributed by atoms with Gasteiger partial charge in [0.2, 0.25) is 5.91 Å². The highest BCUT2D eigenvalue weighted by atomic mass is 19.4. The molecule has 0 saturated carbocycles. The maximum Gasteiger partial charge on any atom is 0.490 e. The standard InChI is InChI=1S/C16H20N6O.C2HF3O2/c1-20-5-3-19-14(20)9-21-4-2-16(10-21)6-15(23)22(11-16)13-7-17-12-18-8-13;3-2(4,5)1(6)7/h3,5,7-8,12H,2,4,6,9-11H2,1H3;(H,6,7). The number of carbonyl (C=O) groups excluding carboxylic acids is 1. The molecule has 0 radical (unpaired) electrons. The summed E-state index contributed by atoms with van der Waals surface area (Å²) < 4.78 is 33.8. The summed E-state index contributed by atoms with van der Waals surface area (Å²) in [5, 5.41) is 7.12. The van der Waals surface area contributed by atoms with Crippen LogP contribution in [0.2, 0.25) is 0 Å². The van der Waals surface area contributed by atoms with Crippen LogP contribution in [0.3, 0.4) is 0 Å². The molecule has 2 aromatic rings. The number of aryl methyl sites for hydroxylation is 1. The molecule has 2 saturated heterocycles. The van der Waals surface area contributed by atoms with E-state index < -0.39 is 12.1 Å². The van der Waals surface area contributed by atoms with Crippen LogP contribution in [0, 0.1) is 5.41 Å². The number of hydrogen-bond acceptors (Lipinski definition) is 6. The Kier molecular flexibility index (Phi) is 6.06. The average Bonchev–Trinajstić information content (AvgIpc) is 3.36. The Morgan fingerprint density at radius 3 is 2.50 bits per heavy atom. The van der Waals surface area contributed by atoms with Crippen molar-refractivity contribution in [2.75, 3.05) is 24.5 Å². The zero-order valence-electron chi connectivity index (χ0n) is 16.2. The molecule has 162 valence electrons. The number of imidazole rings is 1. The van der Waals surface area contributed by atoms with Gasteiger partial charge in [0.15, 0.2) is 0 Å². The van der Waals surface area contributed by atoms with E-state index in [1.54, 1.807) is 12.4 Å². The molecule has 1 atom stereocenters. The van der Waals surface area contributed by atoms with Gasteiger partial charge in [-0.05, 0) is 13.0 Å². The molecule has 2 aliphatic rings. The molecule has 2 fully saturated rings. The molecule has 9 nitrogen and oxygen atoms in total. The lowest BCUT2D eigenvalue weighted by Gasteiger charge is -2.24. The molecule has 4 heterocycles. The van der Waals surface area contributed by atoms with Gasteiger partial charge in [0, 0.05) is 44.4 Å². The predicted molar refractivity (Wildman–Crippen MR) is 98.2 cm³/mol. The number of hydrogen-bond donors (Lipinski definition) is 1. The average molecular weight is 426 g/mol. The second-order valence-electron chi connectivity index (χ2n) is 7.47. The summed E-state index contributed by atoms with van der Waals surface area (Å²) in [5.74, 6) is -1.51. The summed E-state index contributed by atoms with van der Waals surface area (Å²) in [7, 11) is 2.02. The molecule has 1 unspecified atom stereocenters. The molecule has 12 heteroatoms. The minimum atomic E-state index is -5.08. The Hall–Kier alpha value is -3.02. The Bertz CT molecular complexity index is 904. The summed E-state index contributed by atoms with van der Waals surface area (Å²) in [4.78, 5) is 38.0. The third-order valence-electron chi connectivity index (χ3n) is 5.23. The van der Waals surface area contributed by atoms with E-state index in [-0.39, 0.29) is 11.3 Å². The van der Waals surface area contributed by atoms with Gasteiger partial charge >= 0.3 is 12.1 Å². The number of aromatic nitrogens is 4.